The van der Waals surface area contributed by atoms with Crippen LogP contribution in [0.25, 0.3) is 11.4 Å². The number of hydrogen-bond acceptors (Lipinski definition) is 10. The van der Waals surface area contributed by atoms with Gasteiger partial charge in [0.25, 0.3) is 0 Å². The fraction of sp³-hybridized carbons (Fsp3) is 0.409. The van der Waals surface area contributed by atoms with Gasteiger partial charge in [-0.25, -0.2) is 19.0 Å². The maximum atomic E-state index is 13.3. The highest BCUT2D eigenvalue weighted by Crippen LogP contribution is 2.43. The molecule has 2 bridgehead atoms. The standard InChI is InChI=1S/C22H23FN6O5S/c1-3-33-19(30)11(2)24-20(31)27-21-25-15-8-14-9-32-10-16(17(15)35-21)29(14)22-26-18(28-34-22)12-4-6-13(23)7-5-12/h4-7,11,14,16H,3,8-10H2,1-2H3,(H2,24,25,27,31)/t11-,14+,16+/m1/s1. The van der Waals surface area contributed by atoms with Crippen LogP contribution >= 0.6 is 11.3 Å². The van der Waals surface area contributed by atoms with Crippen molar-refractivity contribution in [2.24, 2.45) is 0 Å². The molecular formula is C22H23FN6O5S. The quantitative estimate of drug-likeness (QED) is 0.488. The Kier molecular flexibility index (Phi) is 6.34. The van der Waals surface area contributed by atoms with Crippen LogP contribution in [0.4, 0.5) is 20.3 Å². The van der Waals surface area contributed by atoms with E-state index in [-0.39, 0.29) is 24.5 Å². The molecule has 0 radical (unpaired) electrons. The van der Waals surface area contributed by atoms with Crippen molar-refractivity contribution in [2.75, 3.05) is 30.0 Å². The number of nitrogens with zero attached hydrogens (tertiary/aromatic N) is 4. The number of morpholine rings is 1. The summed E-state index contributed by atoms with van der Waals surface area (Å²) in [7, 11) is 0. The molecule has 2 N–H and O–H groups in total. The second-order valence-electron chi connectivity index (χ2n) is 8.13. The van der Waals surface area contributed by atoms with Crippen LogP contribution in [-0.4, -0.2) is 59.0 Å². The zero-order valence-corrected chi connectivity index (χ0v) is 19.8. The third kappa shape index (κ3) is 4.68. The number of hydrogen-bond donors (Lipinski definition) is 2. The first-order chi connectivity index (χ1) is 16.9. The summed E-state index contributed by atoms with van der Waals surface area (Å²) in [5, 5.41) is 9.72. The molecule has 0 spiro atoms. The van der Waals surface area contributed by atoms with E-state index in [2.05, 4.69) is 25.8 Å². The van der Waals surface area contributed by atoms with E-state index in [1.54, 1.807) is 26.0 Å². The summed E-state index contributed by atoms with van der Waals surface area (Å²) in [6.07, 6.45) is 0.569. The van der Waals surface area contributed by atoms with E-state index in [1.807, 2.05) is 4.90 Å². The molecule has 1 aromatic carbocycles. The molecule has 3 atom stereocenters. The summed E-state index contributed by atoms with van der Waals surface area (Å²) in [5.74, 6) is -0.488. The highest BCUT2D eigenvalue weighted by Gasteiger charge is 2.43. The number of thiazole rings is 1. The summed E-state index contributed by atoms with van der Waals surface area (Å²) in [6, 6.07) is 4.59. The lowest BCUT2D eigenvalue weighted by molar-refractivity contribution is -0.144. The molecule has 0 unspecified atom stereocenters. The zero-order chi connectivity index (χ0) is 24.5. The van der Waals surface area contributed by atoms with Crippen LogP contribution in [0.5, 0.6) is 0 Å². The Morgan fingerprint density at radius 3 is 2.86 bits per heavy atom. The molecule has 11 nitrogen and oxygen atoms in total. The molecule has 2 aliphatic rings. The third-order valence-electron chi connectivity index (χ3n) is 5.72. The number of amides is 2. The number of urea groups is 1. The molecule has 13 heteroatoms. The largest absolute Gasteiger partial charge is 0.464 e. The molecular weight excluding hydrogens is 479 g/mol. The first kappa shape index (κ1) is 23.2. The molecule has 2 aromatic heterocycles. The maximum Gasteiger partial charge on any atom is 0.328 e. The van der Waals surface area contributed by atoms with E-state index in [4.69, 9.17) is 14.0 Å². The lowest BCUT2D eigenvalue weighted by atomic mass is 9.97. The maximum absolute atomic E-state index is 13.3. The van der Waals surface area contributed by atoms with E-state index in [1.165, 1.54) is 23.5 Å². The van der Waals surface area contributed by atoms with Gasteiger partial charge in [-0.15, -0.1) is 0 Å². The number of ether oxygens (including phenoxy) is 2. The Bertz CT molecular complexity index is 1230. The molecule has 0 saturated carbocycles. The Balaban J connectivity index is 1.33. The summed E-state index contributed by atoms with van der Waals surface area (Å²) in [6.45, 7) is 4.34. The van der Waals surface area contributed by atoms with Gasteiger partial charge in [-0.05, 0) is 38.1 Å². The summed E-state index contributed by atoms with van der Waals surface area (Å²) >= 11 is 1.33. The van der Waals surface area contributed by atoms with Crippen LogP contribution < -0.4 is 15.5 Å². The number of nitrogens with one attached hydrogen (secondary N) is 2. The summed E-state index contributed by atoms with van der Waals surface area (Å²) in [4.78, 5) is 36.2. The van der Waals surface area contributed by atoms with Crippen molar-refractivity contribution in [1.82, 2.24) is 20.4 Å². The number of esters is 1. The Labute approximate surface area is 203 Å². The summed E-state index contributed by atoms with van der Waals surface area (Å²) < 4.78 is 29.5. The molecule has 5 rings (SSSR count). The van der Waals surface area contributed by atoms with Crippen molar-refractivity contribution in [3.8, 4) is 11.4 Å². The number of carbonyl (C=O) groups excluding carboxylic acids is 2. The van der Waals surface area contributed by atoms with E-state index in [0.29, 0.717) is 42.2 Å². The van der Waals surface area contributed by atoms with Crippen LogP contribution in [0, 0.1) is 5.82 Å². The average molecular weight is 503 g/mol. The lowest BCUT2D eigenvalue weighted by Gasteiger charge is -2.43. The van der Waals surface area contributed by atoms with Crippen molar-refractivity contribution in [1.29, 1.82) is 0 Å². The molecule has 35 heavy (non-hydrogen) atoms. The minimum atomic E-state index is -0.791. The smallest absolute Gasteiger partial charge is 0.328 e. The molecule has 4 heterocycles. The average Bonchev–Trinajstić information content (AvgIpc) is 3.46. The zero-order valence-electron chi connectivity index (χ0n) is 19.0. The van der Waals surface area contributed by atoms with Crippen LogP contribution in [-0.2, 0) is 20.7 Å². The Hall–Kier alpha value is -3.58. The van der Waals surface area contributed by atoms with Crippen LogP contribution in [0.15, 0.2) is 28.8 Å². The SMILES string of the molecule is CCOC(=O)[C@@H](C)NC(=O)Nc1nc2c(s1)[C@@H]1COC[C@H](C2)N1c1nc(-c2ccc(F)cc2)no1. The van der Waals surface area contributed by atoms with E-state index < -0.39 is 18.0 Å². The second-order valence-corrected chi connectivity index (χ2v) is 9.16. The topological polar surface area (TPSA) is 132 Å². The van der Waals surface area contributed by atoms with E-state index in [9.17, 15) is 14.0 Å². The Morgan fingerprint density at radius 1 is 1.29 bits per heavy atom. The highest BCUT2D eigenvalue weighted by atomic mass is 32.1. The molecule has 2 amide bonds. The molecule has 2 aliphatic heterocycles. The van der Waals surface area contributed by atoms with Gasteiger partial charge in [0.05, 0.1) is 42.5 Å². The van der Waals surface area contributed by atoms with Crippen LogP contribution in [0.3, 0.4) is 0 Å². The van der Waals surface area contributed by atoms with Crippen LogP contribution in [0.1, 0.15) is 30.5 Å². The number of rotatable bonds is 6. The van der Waals surface area contributed by atoms with Crippen molar-refractivity contribution in [3.05, 3.63) is 40.7 Å². The first-order valence-electron chi connectivity index (χ1n) is 11.1. The number of fused-ring (bicyclic) bond motifs is 4. The monoisotopic (exact) mass is 502 g/mol. The van der Waals surface area contributed by atoms with Gasteiger partial charge in [0, 0.05) is 12.0 Å². The lowest BCUT2D eigenvalue weighted by Crippen LogP contribution is -2.51. The van der Waals surface area contributed by atoms with Gasteiger partial charge in [-0.3, -0.25) is 5.32 Å². The molecule has 184 valence electrons. The number of carbonyl (C=O) groups is 2. The molecule has 0 aliphatic carbocycles. The fourth-order valence-electron chi connectivity index (χ4n) is 4.12. The first-order valence-corrected chi connectivity index (χ1v) is 11.9. The van der Waals surface area contributed by atoms with Crippen LogP contribution in [0.2, 0.25) is 0 Å². The Morgan fingerprint density at radius 2 is 2.09 bits per heavy atom. The van der Waals surface area contributed by atoms with Gasteiger partial charge in [-0.2, -0.15) is 4.98 Å². The number of benzene rings is 1. The van der Waals surface area contributed by atoms with Gasteiger partial charge >= 0.3 is 18.0 Å². The van der Waals surface area contributed by atoms with Gasteiger partial charge < -0.3 is 24.2 Å². The number of aromatic nitrogens is 3. The summed E-state index contributed by atoms with van der Waals surface area (Å²) in [5.41, 5.74) is 1.52. The fourth-order valence-corrected chi connectivity index (χ4v) is 5.19. The molecule has 1 saturated heterocycles. The predicted octanol–water partition coefficient (Wildman–Crippen LogP) is 2.91. The van der Waals surface area contributed by atoms with Crippen molar-refractivity contribution >= 4 is 34.5 Å². The van der Waals surface area contributed by atoms with Crippen molar-refractivity contribution in [3.63, 3.8) is 0 Å². The minimum Gasteiger partial charge on any atom is -0.464 e. The highest BCUT2D eigenvalue weighted by molar-refractivity contribution is 7.16. The van der Waals surface area contributed by atoms with E-state index in [0.717, 1.165) is 10.6 Å². The van der Waals surface area contributed by atoms with Gasteiger partial charge in [0.15, 0.2) is 5.13 Å². The minimum absolute atomic E-state index is 0.0737. The van der Waals surface area contributed by atoms with Crippen molar-refractivity contribution < 1.29 is 28.0 Å². The predicted molar refractivity (Wildman–Crippen MR) is 124 cm³/mol. The van der Waals surface area contributed by atoms with Crippen molar-refractivity contribution in [2.45, 2.75) is 38.4 Å². The van der Waals surface area contributed by atoms with Gasteiger partial charge in [-0.1, -0.05) is 16.5 Å². The number of halogens is 1. The molecule has 1 fully saturated rings. The van der Waals surface area contributed by atoms with E-state index >= 15 is 0 Å². The molecule has 3 aromatic rings. The second kappa shape index (κ2) is 9.58. The van der Waals surface area contributed by atoms with Gasteiger partial charge in [0.1, 0.15) is 11.9 Å². The van der Waals surface area contributed by atoms with Gasteiger partial charge in [0.2, 0.25) is 5.82 Å². The normalized spacial score (nSPS) is 19.6. The third-order valence-corrected chi connectivity index (χ3v) is 6.84. The number of anilines is 2.